The molecule has 1 saturated heterocycles. The van der Waals surface area contributed by atoms with E-state index in [9.17, 15) is 19.1 Å². The van der Waals surface area contributed by atoms with Crippen LogP contribution in [0.15, 0.2) is 84.6 Å². The van der Waals surface area contributed by atoms with E-state index < -0.39 is 23.5 Å². The van der Waals surface area contributed by atoms with Gasteiger partial charge in [0.05, 0.1) is 11.6 Å². The Bertz CT molecular complexity index is 1080. The molecular formula is C22H15FN2O3. The number of aliphatic hydroxyl groups is 1. The second-order valence-corrected chi connectivity index (χ2v) is 6.24. The first-order valence-corrected chi connectivity index (χ1v) is 8.61. The maximum Gasteiger partial charge on any atom is 0.301 e. The molecule has 1 aliphatic heterocycles. The van der Waals surface area contributed by atoms with Crippen molar-refractivity contribution in [2.45, 2.75) is 6.04 Å². The standard InChI is InChI=1S/C22H15FN2O3/c23-16-11-5-4-10-15(16)19-18(20(26)14-8-2-1-3-9-14)21(27)22(28)25(19)17-12-6-7-13-24-17/h1-13,19,26H/b20-18+/t19-/m0/s1. The lowest BCUT2D eigenvalue weighted by Gasteiger charge is -2.24. The van der Waals surface area contributed by atoms with Crippen molar-refractivity contribution in [3.8, 4) is 0 Å². The summed E-state index contributed by atoms with van der Waals surface area (Å²) in [5.41, 5.74) is 0.291. The smallest absolute Gasteiger partial charge is 0.301 e. The number of rotatable bonds is 3. The fourth-order valence-electron chi connectivity index (χ4n) is 3.31. The van der Waals surface area contributed by atoms with Crippen molar-refractivity contribution in [3.63, 3.8) is 0 Å². The molecule has 0 saturated carbocycles. The molecule has 4 rings (SSSR count). The van der Waals surface area contributed by atoms with Crippen LogP contribution in [0.4, 0.5) is 10.2 Å². The van der Waals surface area contributed by atoms with E-state index in [0.29, 0.717) is 5.56 Å². The highest BCUT2D eigenvalue weighted by atomic mass is 19.1. The Morgan fingerprint density at radius 2 is 1.61 bits per heavy atom. The fraction of sp³-hybridized carbons (Fsp3) is 0.0455. The van der Waals surface area contributed by atoms with Crippen LogP contribution < -0.4 is 4.90 Å². The summed E-state index contributed by atoms with van der Waals surface area (Å²) in [7, 11) is 0. The lowest BCUT2D eigenvalue weighted by molar-refractivity contribution is -0.132. The van der Waals surface area contributed by atoms with Gasteiger partial charge in [-0.1, -0.05) is 54.6 Å². The quantitative estimate of drug-likeness (QED) is 0.430. The SMILES string of the molecule is O=C1C(=O)N(c2ccccn2)[C@@H](c2ccccc2F)/C1=C(\O)c1ccccc1. The molecule has 2 aromatic carbocycles. The Morgan fingerprint density at radius 1 is 0.929 bits per heavy atom. The highest BCUT2D eigenvalue weighted by molar-refractivity contribution is 6.51. The highest BCUT2D eigenvalue weighted by Crippen LogP contribution is 2.42. The number of hydrogen-bond acceptors (Lipinski definition) is 4. The summed E-state index contributed by atoms with van der Waals surface area (Å²) in [6.07, 6.45) is 1.48. The zero-order chi connectivity index (χ0) is 19.7. The van der Waals surface area contributed by atoms with E-state index >= 15 is 0 Å². The van der Waals surface area contributed by atoms with Gasteiger partial charge in [-0.15, -0.1) is 0 Å². The van der Waals surface area contributed by atoms with Gasteiger partial charge in [-0.2, -0.15) is 0 Å². The Hall–Kier alpha value is -3.80. The number of pyridine rings is 1. The zero-order valence-electron chi connectivity index (χ0n) is 14.6. The molecule has 3 aromatic rings. The molecule has 1 atom stereocenters. The van der Waals surface area contributed by atoms with Gasteiger partial charge < -0.3 is 5.11 Å². The second kappa shape index (κ2) is 7.08. The average Bonchev–Trinajstić information content (AvgIpc) is 3.00. The number of Topliss-reactive ketones (excluding diaryl/α,β-unsaturated/α-hetero) is 1. The number of halogens is 1. The van der Waals surface area contributed by atoms with Crippen LogP contribution in [0.25, 0.3) is 5.76 Å². The summed E-state index contributed by atoms with van der Waals surface area (Å²) in [6, 6.07) is 18.0. The molecule has 1 aromatic heterocycles. The van der Waals surface area contributed by atoms with E-state index in [1.54, 1.807) is 54.6 Å². The first-order chi connectivity index (χ1) is 13.6. The van der Waals surface area contributed by atoms with Crippen molar-refractivity contribution in [2.24, 2.45) is 0 Å². The third-order valence-corrected chi connectivity index (χ3v) is 4.59. The maximum absolute atomic E-state index is 14.7. The van der Waals surface area contributed by atoms with Crippen LogP contribution in [0.1, 0.15) is 17.2 Å². The summed E-state index contributed by atoms with van der Waals surface area (Å²) in [5, 5.41) is 10.8. The van der Waals surface area contributed by atoms with Gasteiger partial charge in [0.2, 0.25) is 0 Å². The monoisotopic (exact) mass is 374 g/mol. The van der Waals surface area contributed by atoms with Gasteiger partial charge in [-0.3, -0.25) is 14.5 Å². The van der Waals surface area contributed by atoms with Gasteiger partial charge in [0.25, 0.3) is 5.78 Å². The number of ketones is 1. The van der Waals surface area contributed by atoms with Crippen LogP contribution in [-0.2, 0) is 9.59 Å². The maximum atomic E-state index is 14.7. The molecule has 2 heterocycles. The number of carbonyl (C=O) groups excluding carboxylic acids is 2. The molecular weight excluding hydrogens is 359 g/mol. The first-order valence-electron chi connectivity index (χ1n) is 8.61. The topological polar surface area (TPSA) is 70.5 Å². The second-order valence-electron chi connectivity index (χ2n) is 6.24. The van der Waals surface area contributed by atoms with Gasteiger partial charge in [-0.25, -0.2) is 9.37 Å². The van der Waals surface area contributed by atoms with Gasteiger partial charge in [-0.05, 0) is 18.2 Å². The van der Waals surface area contributed by atoms with E-state index in [4.69, 9.17) is 0 Å². The van der Waals surface area contributed by atoms with E-state index in [-0.39, 0.29) is 22.7 Å². The number of carbonyl (C=O) groups is 2. The zero-order valence-corrected chi connectivity index (χ0v) is 14.6. The van der Waals surface area contributed by atoms with Crippen molar-refractivity contribution in [1.29, 1.82) is 0 Å². The van der Waals surface area contributed by atoms with Gasteiger partial charge in [0, 0.05) is 17.3 Å². The molecule has 0 bridgehead atoms. The van der Waals surface area contributed by atoms with Crippen LogP contribution in [0.2, 0.25) is 0 Å². The van der Waals surface area contributed by atoms with E-state index in [1.165, 1.54) is 24.4 Å². The third-order valence-electron chi connectivity index (χ3n) is 4.59. The van der Waals surface area contributed by atoms with Crippen molar-refractivity contribution in [1.82, 2.24) is 4.98 Å². The molecule has 0 spiro atoms. The molecule has 138 valence electrons. The minimum Gasteiger partial charge on any atom is -0.507 e. The Balaban J connectivity index is 1.98. The molecule has 1 fully saturated rings. The predicted molar refractivity (Wildman–Crippen MR) is 102 cm³/mol. The molecule has 1 aliphatic rings. The molecule has 6 heteroatoms. The number of anilines is 1. The van der Waals surface area contributed by atoms with Crippen molar-refractivity contribution >= 4 is 23.3 Å². The van der Waals surface area contributed by atoms with Gasteiger partial charge in [0.1, 0.15) is 17.4 Å². The Morgan fingerprint density at radius 3 is 2.29 bits per heavy atom. The van der Waals surface area contributed by atoms with Crippen LogP contribution in [0, 0.1) is 5.82 Å². The Labute approximate surface area is 160 Å². The van der Waals surface area contributed by atoms with E-state index in [1.807, 2.05) is 0 Å². The molecule has 5 nitrogen and oxygen atoms in total. The minimum absolute atomic E-state index is 0.102. The summed E-state index contributed by atoms with van der Waals surface area (Å²) in [4.78, 5) is 30.9. The average molecular weight is 374 g/mol. The molecule has 0 radical (unpaired) electrons. The molecule has 1 amide bonds. The predicted octanol–water partition coefficient (Wildman–Crippen LogP) is 3.85. The molecule has 0 unspecified atom stereocenters. The number of aliphatic hydroxyl groups excluding tert-OH is 1. The van der Waals surface area contributed by atoms with Gasteiger partial charge in [0.15, 0.2) is 0 Å². The molecule has 0 aliphatic carbocycles. The third kappa shape index (κ3) is 2.85. The summed E-state index contributed by atoms with van der Waals surface area (Å²) in [5.74, 6) is -2.51. The lowest BCUT2D eigenvalue weighted by atomic mass is 9.95. The number of nitrogens with zero attached hydrogens (tertiary/aromatic N) is 2. The van der Waals surface area contributed by atoms with Gasteiger partial charge >= 0.3 is 5.91 Å². The lowest BCUT2D eigenvalue weighted by Crippen LogP contribution is -2.30. The highest BCUT2D eigenvalue weighted by Gasteiger charge is 2.48. The van der Waals surface area contributed by atoms with Crippen molar-refractivity contribution in [3.05, 3.63) is 102 Å². The van der Waals surface area contributed by atoms with Crippen LogP contribution in [0.3, 0.4) is 0 Å². The first kappa shape index (κ1) is 17.6. The summed E-state index contributed by atoms with van der Waals surface area (Å²) in [6.45, 7) is 0. The molecule has 28 heavy (non-hydrogen) atoms. The van der Waals surface area contributed by atoms with Crippen LogP contribution >= 0.6 is 0 Å². The molecule has 1 N–H and O–H groups in total. The van der Waals surface area contributed by atoms with E-state index in [2.05, 4.69) is 4.98 Å². The summed E-state index contributed by atoms with van der Waals surface area (Å²) < 4.78 is 14.7. The number of aromatic nitrogens is 1. The number of amides is 1. The normalized spacial score (nSPS) is 18.5. The fourth-order valence-corrected chi connectivity index (χ4v) is 3.31. The van der Waals surface area contributed by atoms with Crippen molar-refractivity contribution in [2.75, 3.05) is 4.90 Å². The minimum atomic E-state index is -1.13. The summed E-state index contributed by atoms with van der Waals surface area (Å²) >= 11 is 0. The largest absolute Gasteiger partial charge is 0.507 e. The van der Waals surface area contributed by atoms with Crippen LogP contribution in [0.5, 0.6) is 0 Å². The Kier molecular flexibility index (Phi) is 4.45. The number of benzene rings is 2. The van der Waals surface area contributed by atoms with Crippen LogP contribution in [-0.4, -0.2) is 21.8 Å². The van der Waals surface area contributed by atoms with E-state index in [0.717, 1.165) is 4.90 Å². The van der Waals surface area contributed by atoms with Crippen molar-refractivity contribution < 1.29 is 19.1 Å². The number of hydrogen-bond donors (Lipinski definition) is 1.